The number of sulfone groups is 1. The minimum atomic E-state index is -2.95. The van der Waals surface area contributed by atoms with Crippen LogP contribution in [0.2, 0.25) is 0 Å². The minimum absolute atomic E-state index is 0. The Bertz CT molecular complexity index is 580. The predicted molar refractivity (Wildman–Crippen MR) is 111 cm³/mol. The topological polar surface area (TPSA) is 90.9 Å². The van der Waals surface area contributed by atoms with Crippen molar-refractivity contribution in [2.24, 2.45) is 10.9 Å². The molecule has 0 spiro atoms. The van der Waals surface area contributed by atoms with Crippen molar-refractivity contribution in [3.8, 4) is 0 Å². The Morgan fingerprint density at radius 2 is 1.84 bits per heavy atom. The molecule has 0 aromatic heterocycles. The number of hydrogen-bond donors (Lipinski definition) is 2. The Morgan fingerprint density at radius 1 is 1.16 bits per heavy atom. The maximum Gasteiger partial charge on any atom is 0.243 e. The van der Waals surface area contributed by atoms with Crippen LogP contribution in [0.5, 0.6) is 0 Å². The van der Waals surface area contributed by atoms with Gasteiger partial charge in [0.1, 0.15) is 6.54 Å². The molecular weight excluding hydrogens is 455 g/mol. The van der Waals surface area contributed by atoms with E-state index in [4.69, 9.17) is 0 Å². The van der Waals surface area contributed by atoms with Gasteiger partial charge < -0.3 is 15.5 Å². The molecule has 25 heavy (non-hydrogen) atoms. The maximum absolute atomic E-state index is 11.8. The molecule has 2 N–H and O–H groups in total. The highest BCUT2D eigenvalue weighted by molar-refractivity contribution is 14.0. The average Bonchev–Trinajstić information content (AvgIpc) is 2.85. The van der Waals surface area contributed by atoms with Gasteiger partial charge in [0.05, 0.1) is 11.5 Å². The summed E-state index contributed by atoms with van der Waals surface area (Å²) in [6.07, 6.45) is 5.28. The van der Waals surface area contributed by atoms with Crippen molar-refractivity contribution < 1.29 is 13.2 Å². The molecule has 2 aliphatic rings. The summed E-state index contributed by atoms with van der Waals surface area (Å²) in [5, 5.41) is 6.65. The monoisotopic (exact) mass is 486 g/mol. The van der Waals surface area contributed by atoms with E-state index in [1.165, 1.54) is 24.2 Å². The molecule has 2 rings (SSSR count). The van der Waals surface area contributed by atoms with Gasteiger partial charge in [0.25, 0.3) is 0 Å². The largest absolute Gasteiger partial charge is 0.353 e. The Hall–Kier alpha value is -0.580. The zero-order chi connectivity index (χ0) is 17.7. The van der Waals surface area contributed by atoms with E-state index in [0.29, 0.717) is 24.3 Å². The van der Waals surface area contributed by atoms with Gasteiger partial charge in [-0.1, -0.05) is 19.8 Å². The van der Waals surface area contributed by atoms with Crippen LogP contribution in [0.15, 0.2) is 4.99 Å². The molecule has 0 aromatic carbocycles. The van der Waals surface area contributed by atoms with Crippen LogP contribution in [0.4, 0.5) is 0 Å². The highest BCUT2D eigenvalue weighted by Gasteiger charge is 2.29. The minimum Gasteiger partial charge on any atom is -0.353 e. The van der Waals surface area contributed by atoms with Gasteiger partial charge in [0, 0.05) is 26.2 Å². The van der Waals surface area contributed by atoms with E-state index in [9.17, 15) is 13.2 Å². The number of rotatable bonds is 4. The molecule has 1 amide bonds. The van der Waals surface area contributed by atoms with Crippen molar-refractivity contribution >= 4 is 45.7 Å². The van der Waals surface area contributed by atoms with Crippen molar-refractivity contribution in [2.75, 3.05) is 32.1 Å². The number of carbonyl (C=O) groups is 1. The van der Waals surface area contributed by atoms with Crippen LogP contribution in [0, 0.1) is 5.92 Å². The third-order valence-electron chi connectivity index (χ3n) is 4.88. The molecule has 9 heteroatoms. The van der Waals surface area contributed by atoms with E-state index in [1.54, 1.807) is 14.1 Å². The smallest absolute Gasteiger partial charge is 0.243 e. The maximum atomic E-state index is 11.8. The highest BCUT2D eigenvalue weighted by atomic mass is 127. The van der Waals surface area contributed by atoms with Crippen LogP contribution < -0.4 is 10.6 Å². The predicted octanol–water partition coefficient (Wildman–Crippen LogP) is 0.994. The van der Waals surface area contributed by atoms with E-state index in [-0.39, 0.29) is 54.0 Å². The number of likely N-dealkylation sites (N-methyl/N-ethyl adjacent to an activating group) is 1. The van der Waals surface area contributed by atoms with E-state index in [1.807, 2.05) is 0 Å². The van der Waals surface area contributed by atoms with Crippen LogP contribution in [-0.4, -0.2) is 69.4 Å². The summed E-state index contributed by atoms with van der Waals surface area (Å²) in [5.74, 6) is 1.38. The van der Waals surface area contributed by atoms with Crippen molar-refractivity contribution in [3.05, 3.63) is 0 Å². The Kier molecular flexibility index (Phi) is 8.93. The summed E-state index contributed by atoms with van der Waals surface area (Å²) in [6, 6.07) is 0.187. The molecule has 1 saturated carbocycles. The van der Waals surface area contributed by atoms with Gasteiger partial charge in [-0.15, -0.1) is 24.0 Å². The van der Waals surface area contributed by atoms with Gasteiger partial charge >= 0.3 is 0 Å². The number of hydrogen-bond acceptors (Lipinski definition) is 4. The van der Waals surface area contributed by atoms with E-state index < -0.39 is 9.84 Å². The average molecular weight is 486 g/mol. The van der Waals surface area contributed by atoms with E-state index in [0.717, 1.165) is 6.42 Å². The summed E-state index contributed by atoms with van der Waals surface area (Å²) in [6.45, 7) is 2.28. The fourth-order valence-electron chi connectivity index (χ4n) is 3.23. The number of amides is 1. The summed E-state index contributed by atoms with van der Waals surface area (Å²) in [4.78, 5) is 17.7. The number of guanidine groups is 1. The SMILES string of the molecule is CC1CCCCC1NC(=NCC(=O)N(C)C)NC1CCS(=O)(=O)C1.I. The van der Waals surface area contributed by atoms with E-state index in [2.05, 4.69) is 22.5 Å². The molecule has 146 valence electrons. The first-order valence-electron chi connectivity index (χ1n) is 8.75. The van der Waals surface area contributed by atoms with Crippen LogP contribution in [0.3, 0.4) is 0 Å². The molecule has 3 unspecified atom stereocenters. The summed E-state index contributed by atoms with van der Waals surface area (Å²) < 4.78 is 23.3. The molecule has 0 aromatic rings. The van der Waals surface area contributed by atoms with Gasteiger partial charge in [-0.3, -0.25) is 4.79 Å². The van der Waals surface area contributed by atoms with Crippen LogP contribution in [-0.2, 0) is 14.6 Å². The molecule has 1 aliphatic carbocycles. The zero-order valence-electron chi connectivity index (χ0n) is 15.3. The molecule has 7 nitrogen and oxygen atoms in total. The molecule has 1 saturated heterocycles. The van der Waals surface area contributed by atoms with Gasteiger partial charge in [0.15, 0.2) is 15.8 Å². The molecular formula is C16H31IN4O3S. The lowest BCUT2D eigenvalue weighted by Gasteiger charge is -2.31. The van der Waals surface area contributed by atoms with Gasteiger partial charge in [-0.2, -0.15) is 0 Å². The number of nitrogens with zero attached hydrogens (tertiary/aromatic N) is 2. The zero-order valence-corrected chi connectivity index (χ0v) is 18.5. The second kappa shape index (κ2) is 9.94. The summed E-state index contributed by atoms with van der Waals surface area (Å²) in [5.41, 5.74) is 0. The lowest BCUT2D eigenvalue weighted by molar-refractivity contribution is -0.127. The van der Waals surface area contributed by atoms with Crippen LogP contribution in [0.1, 0.15) is 39.0 Å². The molecule has 2 fully saturated rings. The standard InChI is InChI=1S/C16H30N4O3S.HI/c1-12-6-4-5-7-14(12)19-16(17-10-15(21)20(2)3)18-13-8-9-24(22,23)11-13;/h12-14H,4-11H2,1-3H3,(H2,17,18,19);1H. The first-order valence-corrected chi connectivity index (χ1v) is 10.6. The second-order valence-electron chi connectivity index (χ2n) is 7.21. The Labute approximate surface area is 168 Å². The molecule has 0 radical (unpaired) electrons. The number of halogens is 1. The van der Waals surface area contributed by atoms with Gasteiger partial charge in [-0.25, -0.2) is 13.4 Å². The highest BCUT2D eigenvalue weighted by Crippen LogP contribution is 2.23. The molecule has 1 heterocycles. The Morgan fingerprint density at radius 3 is 2.40 bits per heavy atom. The summed E-state index contributed by atoms with van der Waals surface area (Å²) >= 11 is 0. The second-order valence-corrected chi connectivity index (χ2v) is 9.44. The Balaban J connectivity index is 0.00000312. The number of aliphatic imine (C=N–C) groups is 1. The van der Waals surface area contributed by atoms with Crippen molar-refractivity contribution in [2.45, 2.75) is 51.1 Å². The first kappa shape index (κ1) is 22.5. The summed E-state index contributed by atoms with van der Waals surface area (Å²) in [7, 11) is 0.449. The molecule has 0 bridgehead atoms. The van der Waals surface area contributed by atoms with Gasteiger partial charge in [0.2, 0.25) is 5.91 Å². The molecule has 1 aliphatic heterocycles. The quantitative estimate of drug-likeness (QED) is 0.352. The number of carbonyl (C=O) groups excluding carboxylic acids is 1. The van der Waals surface area contributed by atoms with E-state index >= 15 is 0 Å². The van der Waals surface area contributed by atoms with Crippen LogP contribution in [0.25, 0.3) is 0 Å². The normalized spacial score (nSPS) is 28.8. The van der Waals surface area contributed by atoms with Crippen molar-refractivity contribution in [1.82, 2.24) is 15.5 Å². The van der Waals surface area contributed by atoms with Gasteiger partial charge in [-0.05, 0) is 25.2 Å². The third-order valence-corrected chi connectivity index (χ3v) is 6.65. The fraction of sp³-hybridized carbons (Fsp3) is 0.875. The molecule has 3 atom stereocenters. The first-order chi connectivity index (χ1) is 11.3. The lowest BCUT2D eigenvalue weighted by Crippen LogP contribution is -2.50. The van der Waals surface area contributed by atoms with Crippen LogP contribution >= 0.6 is 24.0 Å². The third kappa shape index (κ3) is 7.28. The lowest BCUT2D eigenvalue weighted by atomic mass is 9.86. The fourth-order valence-corrected chi connectivity index (χ4v) is 4.90. The number of nitrogens with one attached hydrogen (secondary N) is 2. The van der Waals surface area contributed by atoms with Crippen molar-refractivity contribution in [1.29, 1.82) is 0 Å². The van der Waals surface area contributed by atoms with Crippen molar-refractivity contribution in [3.63, 3.8) is 0 Å².